The van der Waals surface area contributed by atoms with Gasteiger partial charge in [-0.25, -0.2) is 0 Å². The largest absolute Gasteiger partial charge is 0.481 e. The van der Waals surface area contributed by atoms with Crippen molar-refractivity contribution >= 4 is 0 Å². The van der Waals surface area contributed by atoms with Crippen LogP contribution in [0.25, 0.3) is 0 Å². The monoisotopic (exact) mass is 237 g/mol. The molecule has 16 heavy (non-hydrogen) atoms. The lowest BCUT2D eigenvalue weighted by atomic mass is 10.5. The van der Waals surface area contributed by atoms with Crippen LogP contribution >= 0.6 is 0 Å². The Kier molecular flexibility index (Phi) is 6.29. The second-order valence-electron chi connectivity index (χ2n) is 2.42. The van der Waals surface area contributed by atoms with Crippen molar-refractivity contribution in [3.8, 4) is 11.8 Å². The highest BCUT2D eigenvalue weighted by atomic mass is 19.4. The zero-order valence-corrected chi connectivity index (χ0v) is 9.34. The molecule has 1 heterocycles. The van der Waals surface area contributed by atoms with Crippen LogP contribution in [0.15, 0.2) is 18.2 Å². The van der Waals surface area contributed by atoms with Crippen LogP contribution in [-0.2, 0) is 0 Å². The molecule has 0 unspecified atom stereocenters. The minimum Gasteiger partial charge on any atom is -0.481 e. The summed E-state index contributed by atoms with van der Waals surface area (Å²) in [5.41, 5.74) is 0. The normalized spacial score (nSPS) is 10.1. The first-order chi connectivity index (χ1) is 7.51. The van der Waals surface area contributed by atoms with Crippen LogP contribution in [0.1, 0.15) is 13.8 Å². The topological polar surface area (TPSA) is 31.4 Å². The molecule has 0 amide bonds. The van der Waals surface area contributed by atoms with E-state index in [2.05, 4.69) is 9.72 Å². The molecule has 0 spiro atoms. The van der Waals surface area contributed by atoms with Gasteiger partial charge in [0.25, 0.3) is 0 Å². The molecule has 0 atom stereocenters. The summed E-state index contributed by atoms with van der Waals surface area (Å²) in [5.74, 6) is 0.103. The Morgan fingerprint density at radius 2 is 1.75 bits per heavy atom. The van der Waals surface area contributed by atoms with E-state index in [4.69, 9.17) is 4.74 Å². The van der Waals surface area contributed by atoms with E-state index in [1.54, 1.807) is 0 Å². The van der Waals surface area contributed by atoms with Gasteiger partial charge in [0.05, 0.1) is 7.11 Å². The van der Waals surface area contributed by atoms with E-state index in [1.165, 1.54) is 25.3 Å². The summed E-state index contributed by atoms with van der Waals surface area (Å²) in [4.78, 5) is 3.65. The maximum absolute atomic E-state index is 11.7. The van der Waals surface area contributed by atoms with E-state index in [1.807, 2.05) is 13.8 Å². The van der Waals surface area contributed by atoms with Crippen molar-refractivity contribution in [1.29, 1.82) is 0 Å². The molecule has 92 valence electrons. The summed E-state index contributed by atoms with van der Waals surface area (Å²) in [6.45, 7) is 2.65. The maximum Gasteiger partial charge on any atom is 0.422 e. The van der Waals surface area contributed by atoms with E-state index >= 15 is 0 Å². The van der Waals surface area contributed by atoms with Crippen molar-refractivity contribution in [2.24, 2.45) is 0 Å². The summed E-state index contributed by atoms with van der Waals surface area (Å²) >= 11 is 0. The number of hydrogen-bond acceptors (Lipinski definition) is 3. The Morgan fingerprint density at radius 1 is 1.19 bits per heavy atom. The predicted molar refractivity (Wildman–Crippen MR) is 53.7 cm³/mol. The fraction of sp³-hybridized carbons (Fsp3) is 0.500. The van der Waals surface area contributed by atoms with Crippen molar-refractivity contribution in [1.82, 2.24) is 4.98 Å². The molecule has 0 aliphatic rings. The number of hydrogen-bond donors (Lipinski definition) is 0. The van der Waals surface area contributed by atoms with Gasteiger partial charge in [0.2, 0.25) is 11.8 Å². The Morgan fingerprint density at radius 3 is 2.25 bits per heavy atom. The minimum absolute atomic E-state index is 0.110. The lowest BCUT2D eigenvalue weighted by molar-refractivity contribution is -0.154. The molecule has 1 aromatic rings. The molecule has 0 saturated heterocycles. The SMILES string of the molecule is CC.COc1cccc(OCC(F)(F)F)n1. The third-order valence-electron chi connectivity index (χ3n) is 1.29. The standard InChI is InChI=1S/C8H8F3NO2.C2H6/c1-13-6-3-2-4-7(12-6)14-5-8(9,10)11;1-2/h2-4H,5H2,1H3;1-2H3. The van der Waals surface area contributed by atoms with Crippen LogP contribution < -0.4 is 9.47 Å². The molecular formula is C10H14F3NO2. The number of methoxy groups -OCH3 is 1. The summed E-state index contributed by atoms with van der Waals surface area (Å²) in [6, 6.07) is 4.34. The average Bonchev–Trinajstić information content (AvgIpc) is 2.28. The van der Waals surface area contributed by atoms with Gasteiger partial charge in [-0.05, 0) is 0 Å². The maximum atomic E-state index is 11.7. The first kappa shape index (κ1) is 14.5. The number of alkyl halides is 3. The van der Waals surface area contributed by atoms with Crippen LogP contribution in [-0.4, -0.2) is 24.9 Å². The highest BCUT2D eigenvalue weighted by molar-refractivity contribution is 5.19. The number of pyridine rings is 1. The van der Waals surface area contributed by atoms with Gasteiger partial charge in [-0.3, -0.25) is 0 Å². The molecule has 3 nitrogen and oxygen atoms in total. The number of rotatable bonds is 3. The highest BCUT2D eigenvalue weighted by Gasteiger charge is 2.28. The third-order valence-corrected chi connectivity index (χ3v) is 1.29. The smallest absolute Gasteiger partial charge is 0.422 e. The number of aromatic nitrogens is 1. The molecule has 0 saturated carbocycles. The summed E-state index contributed by atoms with van der Waals surface area (Å²) < 4.78 is 44.3. The first-order valence-corrected chi connectivity index (χ1v) is 4.72. The molecule has 0 radical (unpaired) electrons. The molecule has 0 N–H and O–H groups in total. The summed E-state index contributed by atoms with van der Waals surface area (Å²) in [7, 11) is 1.37. The van der Waals surface area contributed by atoms with Crippen LogP contribution in [0.2, 0.25) is 0 Å². The lowest BCUT2D eigenvalue weighted by Crippen LogP contribution is -2.19. The Labute approximate surface area is 92.2 Å². The van der Waals surface area contributed by atoms with Crippen molar-refractivity contribution in [3.05, 3.63) is 18.2 Å². The number of ether oxygens (including phenoxy) is 2. The van der Waals surface area contributed by atoms with Crippen molar-refractivity contribution in [2.75, 3.05) is 13.7 Å². The first-order valence-electron chi connectivity index (χ1n) is 4.72. The summed E-state index contributed by atoms with van der Waals surface area (Å²) in [6.07, 6.45) is -4.36. The second kappa shape index (κ2) is 6.92. The molecule has 0 aliphatic heterocycles. The van der Waals surface area contributed by atoms with E-state index in [0.717, 1.165) is 0 Å². The molecule has 0 bridgehead atoms. The number of halogens is 3. The molecule has 0 aliphatic carbocycles. The van der Waals surface area contributed by atoms with E-state index in [9.17, 15) is 13.2 Å². The molecular weight excluding hydrogens is 223 g/mol. The van der Waals surface area contributed by atoms with Gasteiger partial charge in [-0.2, -0.15) is 18.2 Å². The van der Waals surface area contributed by atoms with Gasteiger partial charge in [-0.15, -0.1) is 0 Å². The molecule has 1 rings (SSSR count). The van der Waals surface area contributed by atoms with Crippen molar-refractivity contribution < 1.29 is 22.6 Å². The van der Waals surface area contributed by atoms with E-state index in [-0.39, 0.29) is 11.8 Å². The minimum atomic E-state index is -4.36. The highest BCUT2D eigenvalue weighted by Crippen LogP contribution is 2.18. The Bertz CT molecular complexity index is 302. The number of nitrogens with zero attached hydrogens (tertiary/aromatic N) is 1. The zero-order chi connectivity index (χ0) is 12.6. The zero-order valence-electron chi connectivity index (χ0n) is 9.34. The van der Waals surface area contributed by atoms with Gasteiger partial charge in [0.1, 0.15) is 0 Å². The van der Waals surface area contributed by atoms with Crippen molar-refractivity contribution in [2.45, 2.75) is 20.0 Å². The lowest BCUT2D eigenvalue weighted by Gasteiger charge is -2.08. The van der Waals surface area contributed by atoms with Crippen molar-refractivity contribution in [3.63, 3.8) is 0 Å². The Hall–Kier alpha value is -1.46. The van der Waals surface area contributed by atoms with Gasteiger partial charge >= 0.3 is 6.18 Å². The molecule has 1 aromatic heterocycles. The van der Waals surface area contributed by atoms with Crippen LogP contribution in [0.3, 0.4) is 0 Å². The predicted octanol–water partition coefficient (Wildman–Crippen LogP) is 3.06. The fourth-order valence-electron chi connectivity index (χ4n) is 0.746. The fourth-order valence-corrected chi connectivity index (χ4v) is 0.746. The van der Waals surface area contributed by atoms with Gasteiger partial charge in [0, 0.05) is 12.1 Å². The van der Waals surface area contributed by atoms with Gasteiger partial charge in [0.15, 0.2) is 6.61 Å². The van der Waals surface area contributed by atoms with Gasteiger partial charge in [-0.1, -0.05) is 19.9 Å². The van der Waals surface area contributed by atoms with Crippen LogP contribution in [0, 0.1) is 0 Å². The van der Waals surface area contributed by atoms with Crippen LogP contribution in [0.5, 0.6) is 11.8 Å². The molecule has 0 fully saturated rings. The molecule has 6 heteroatoms. The van der Waals surface area contributed by atoms with Crippen LogP contribution in [0.4, 0.5) is 13.2 Å². The second-order valence-corrected chi connectivity index (χ2v) is 2.42. The quantitative estimate of drug-likeness (QED) is 0.809. The van der Waals surface area contributed by atoms with E-state index in [0.29, 0.717) is 0 Å². The van der Waals surface area contributed by atoms with Gasteiger partial charge < -0.3 is 9.47 Å². The molecule has 0 aromatic carbocycles. The van der Waals surface area contributed by atoms with E-state index < -0.39 is 12.8 Å². The third kappa shape index (κ3) is 6.10. The average molecular weight is 237 g/mol. The Balaban J connectivity index is 0.00000106. The summed E-state index contributed by atoms with van der Waals surface area (Å²) in [5, 5.41) is 0.